The molecule has 1 aliphatic carbocycles. The summed E-state index contributed by atoms with van der Waals surface area (Å²) in [6, 6.07) is 10.8. The summed E-state index contributed by atoms with van der Waals surface area (Å²) in [7, 11) is 0. The molecule has 0 amide bonds. The van der Waals surface area contributed by atoms with Gasteiger partial charge in [-0.2, -0.15) is 0 Å². The monoisotopic (exact) mass is 302 g/mol. The summed E-state index contributed by atoms with van der Waals surface area (Å²) in [5.41, 5.74) is 2.61. The van der Waals surface area contributed by atoms with Gasteiger partial charge in [-0.25, -0.2) is 4.98 Å². The lowest BCUT2D eigenvalue weighted by molar-refractivity contribution is 0.275. The molecule has 1 aromatic heterocycles. The summed E-state index contributed by atoms with van der Waals surface area (Å²) in [6.07, 6.45) is 5.40. The standard InChI is InChI=1S/C17H22N2OS/c20-11-5-9-14(13-6-2-1-3-7-13)18-12-17-19-15-8-4-10-16(15)21-17/h1-3,6-7,14,18,20H,4-5,8-12H2. The van der Waals surface area contributed by atoms with E-state index in [1.54, 1.807) is 0 Å². The molecule has 4 heteroatoms. The lowest BCUT2D eigenvalue weighted by Gasteiger charge is -2.18. The molecule has 1 atom stereocenters. The predicted octanol–water partition coefficient (Wildman–Crippen LogP) is 3.24. The SMILES string of the molecule is OCCCC(NCc1nc2c(s1)CCC2)c1ccccc1. The van der Waals surface area contributed by atoms with Crippen molar-refractivity contribution < 1.29 is 5.11 Å². The normalized spacial score (nSPS) is 15.1. The van der Waals surface area contributed by atoms with Crippen molar-refractivity contribution in [3.63, 3.8) is 0 Å². The Labute approximate surface area is 130 Å². The largest absolute Gasteiger partial charge is 0.396 e. The van der Waals surface area contributed by atoms with E-state index >= 15 is 0 Å². The molecular formula is C17H22N2OS. The van der Waals surface area contributed by atoms with E-state index in [4.69, 9.17) is 10.1 Å². The maximum atomic E-state index is 9.09. The van der Waals surface area contributed by atoms with E-state index in [1.807, 2.05) is 17.4 Å². The fourth-order valence-electron chi connectivity index (χ4n) is 2.90. The van der Waals surface area contributed by atoms with Crippen LogP contribution in [0.2, 0.25) is 0 Å². The molecule has 1 heterocycles. The number of nitrogens with zero attached hydrogens (tertiary/aromatic N) is 1. The van der Waals surface area contributed by atoms with Gasteiger partial charge in [-0.15, -0.1) is 11.3 Å². The molecule has 0 bridgehead atoms. The van der Waals surface area contributed by atoms with Gasteiger partial charge in [0.15, 0.2) is 0 Å². The van der Waals surface area contributed by atoms with Crippen LogP contribution in [0.1, 0.15) is 46.4 Å². The smallest absolute Gasteiger partial charge is 0.107 e. The van der Waals surface area contributed by atoms with Gasteiger partial charge >= 0.3 is 0 Å². The Kier molecular flexibility index (Phi) is 5.01. The van der Waals surface area contributed by atoms with E-state index in [0.29, 0.717) is 0 Å². The first-order valence-electron chi connectivity index (χ1n) is 7.73. The van der Waals surface area contributed by atoms with Gasteiger partial charge in [-0.1, -0.05) is 30.3 Å². The lowest BCUT2D eigenvalue weighted by Crippen LogP contribution is -2.21. The molecule has 21 heavy (non-hydrogen) atoms. The Hall–Kier alpha value is -1.23. The number of rotatable bonds is 7. The number of nitrogens with one attached hydrogen (secondary N) is 1. The first kappa shape index (κ1) is 14.7. The first-order chi connectivity index (χ1) is 10.4. The number of benzene rings is 1. The van der Waals surface area contributed by atoms with E-state index < -0.39 is 0 Å². The van der Waals surface area contributed by atoms with Gasteiger partial charge < -0.3 is 10.4 Å². The average Bonchev–Trinajstić information content (AvgIpc) is 3.09. The molecule has 112 valence electrons. The van der Waals surface area contributed by atoms with Crippen LogP contribution >= 0.6 is 11.3 Å². The second-order valence-corrected chi connectivity index (χ2v) is 6.71. The molecule has 0 fully saturated rings. The fraction of sp³-hybridized carbons (Fsp3) is 0.471. The number of aliphatic hydroxyl groups is 1. The second-order valence-electron chi connectivity index (χ2n) is 5.54. The van der Waals surface area contributed by atoms with Gasteiger partial charge in [0, 0.05) is 24.1 Å². The summed E-state index contributed by atoms with van der Waals surface area (Å²) >= 11 is 1.86. The zero-order valence-corrected chi connectivity index (χ0v) is 13.0. The minimum Gasteiger partial charge on any atom is -0.396 e. The number of hydrogen-bond acceptors (Lipinski definition) is 4. The van der Waals surface area contributed by atoms with Crippen molar-refractivity contribution in [1.29, 1.82) is 0 Å². The van der Waals surface area contributed by atoms with Crippen molar-refractivity contribution >= 4 is 11.3 Å². The fourth-order valence-corrected chi connectivity index (χ4v) is 4.00. The topological polar surface area (TPSA) is 45.1 Å². The van der Waals surface area contributed by atoms with Crippen molar-refractivity contribution in [3.05, 3.63) is 51.5 Å². The molecule has 3 rings (SSSR count). The number of thiazole rings is 1. The summed E-state index contributed by atoms with van der Waals surface area (Å²) < 4.78 is 0. The summed E-state index contributed by atoms with van der Waals surface area (Å²) in [5, 5.41) is 13.9. The zero-order valence-electron chi connectivity index (χ0n) is 12.2. The van der Waals surface area contributed by atoms with Gasteiger partial charge in [0.1, 0.15) is 5.01 Å². The van der Waals surface area contributed by atoms with Crippen molar-refractivity contribution in [3.8, 4) is 0 Å². The molecule has 0 spiro atoms. The maximum Gasteiger partial charge on any atom is 0.107 e. The minimum absolute atomic E-state index is 0.247. The Morgan fingerprint density at radius 1 is 1.24 bits per heavy atom. The van der Waals surface area contributed by atoms with E-state index in [1.165, 1.54) is 34.0 Å². The Morgan fingerprint density at radius 3 is 2.86 bits per heavy atom. The molecule has 0 saturated carbocycles. The highest BCUT2D eigenvalue weighted by Crippen LogP contribution is 2.28. The molecule has 0 saturated heterocycles. The highest BCUT2D eigenvalue weighted by Gasteiger charge is 2.17. The molecule has 1 unspecified atom stereocenters. The summed E-state index contributed by atoms with van der Waals surface area (Å²) in [5.74, 6) is 0. The van der Waals surface area contributed by atoms with Gasteiger partial charge in [0.25, 0.3) is 0 Å². The lowest BCUT2D eigenvalue weighted by atomic mass is 10.0. The van der Waals surface area contributed by atoms with Gasteiger partial charge in [-0.3, -0.25) is 0 Å². The zero-order chi connectivity index (χ0) is 14.5. The van der Waals surface area contributed by atoms with Crippen LogP contribution in [0.4, 0.5) is 0 Å². The number of fused-ring (bicyclic) bond motifs is 1. The van der Waals surface area contributed by atoms with Crippen LogP contribution in [0.25, 0.3) is 0 Å². The van der Waals surface area contributed by atoms with E-state index in [9.17, 15) is 0 Å². The quantitative estimate of drug-likeness (QED) is 0.825. The van der Waals surface area contributed by atoms with Crippen LogP contribution < -0.4 is 5.32 Å². The molecule has 2 aromatic rings. The van der Waals surface area contributed by atoms with Crippen LogP contribution in [0.3, 0.4) is 0 Å². The molecule has 0 radical (unpaired) electrons. The Balaban J connectivity index is 1.63. The van der Waals surface area contributed by atoms with E-state index in [-0.39, 0.29) is 12.6 Å². The highest BCUT2D eigenvalue weighted by atomic mass is 32.1. The summed E-state index contributed by atoms with van der Waals surface area (Å²) in [6.45, 7) is 1.07. The van der Waals surface area contributed by atoms with Crippen molar-refractivity contribution in [1.82, 2.24) is 10.3 Å². The van der Waals surface area contributed by atoms with Crippen LogP contribution in [0, 0.1) is 0 Å². The second kappa shape index (κ2) is 7.16. The van der Waals surface area contributed by atoms with Gasteiger partial charge in [0.2, 0.25) is 0 Å². The van der Waals surface area contributed by atoms with Crippen LogP contribution in [0.15, 0.2) is 30.3 Å². The Morgan fingerprint density at radius 2 is 2.10 bits per heavy atom. The van der Waals surface area contributed by atoms with E-state index in [2.05, 4.69) is 29.6 Å². The van der Waals surface area contributed by atoms with Crippen LogP contribution in [0.5, 0.6) is 0 Å². The maximum absolute atomic E-state index is 9.09. The van der Waals surface area contributed by atoms with Crippen molar-refractivity contribution in [2.75, 3.05) is 6.61 Å². The number of aryl methyl sites for hydroxylation is 2. The third kappa shape index (κ3) is 3.70. The number of aliphatic hydroxyl groups excluding tert-OH is 1. The first-order valence-corrected chi connectivity index (χ1v) is 8.55. The summed E-state index contributed by atoms with van der Waals surface area (Å²) in [4.78, 5) is 6.23. The van der Waals surface area contributed by atoms with Crippen molar-refractivity contribution in [2.24, 2.45) is 0 Å². The van der Waals surface area contributed by atoms with E-state index in [0.717, 1.165) is 25.8 Å². The third-order valence-electron chi connectivity index (χ3n) is 3.99. The molecule has 3 nitrogen and oxygen atoms in total. The molecule has 2 N–H and O–H groups in total. The van der Waals surface area contributed by atoms with Gasteiger partial charge in [0.05, 0.1) is 5.69 Å². The Bertz CT molecular complexity index is 546. The minimum atomic E-state index is 0.247. The van der Waals surface area contributed by atoms with Gasteiger partial charge in [-0.05, 0) is 37.7 Å². The molecular weight excluding hydrogens is 280 g/mol. The molecule has 1 aliphatic rings. The number of hydrogen-bond donors (Lipinski definition) is 2. The van der Waals surface area contributed by atoms with Crippen LogP contribution in [-0.4, -0.2) is 16.7 Å². The highest BCUT2D eigenvalue weighted by molar-refractivity contribution is 7.11. The molecule has 1 aromatic carbocycles. The predicted molar refractivity (Wildman–Crippen MR) is 86.5 cm³/mol. The molecule has 0 aliphatic heterocycles. The van der Waals surface area contributed by atoms with Crippen LogP contribution in [-0.2, 0) is 19.4 Å². The third-order valence-corrected chi connectivity index (χ3v) is 5.15. The van der Waals surface area contributed by atoms with Crippen molar-refractivity contribution in [2.45, 2.75) is 44.7 Å². The number of aromatic nitrogens is 1. The average molecular weight is 302 g/mol.